The fourth-order valence-corrected chi connectivity index (χ4v) is 18.7. The van der Waals surface area contributed by atoms with Crippen LogP contribution in [0.3, 0.4) is 0 Å². The Bertz CT molecular complexity index is 7770. The number of rotatable bonds is 5. The van der Waals surface area contributed by atoms with Gasteiger partial charge in [-0.3, -0.25) is 0 Å². The standard InChI is InChI=1S/C94H58N6O/c1-94(2,3)55-46-71-69-50-80-67(61-31-14-17-34-74(61)95(80)56-23-7-4-8-24-56)48-82(69)100-83-49-68-62-32-15-18-35-75(62)96(81(68)51-70(83)72(47-55)90(71)100)59-29-21-22-53(44-59)54-38-41-77-66(45-54)64-40-42-78-86(91(64)98(77)58-27-11-6-12-28-58)73-52-85-87(65-33-16-20-37-84(65)101-85)89-88-79(99(78)93(73)89)43-39-63-60-30-13-19-36-76(60)97(92(63)88)57-25-9-5-10-26-57/h4-52H,1-3H3. The Balaban J connectivity index is 0.733. The molecule has 0 aliphatic heterocycles. The first-order valence-corrected chi connectivity index (χ1v) is 35.1. The summed E-state index contributed by atoms with van der Waals surface area (Å²) >= 11 is 0. The minimum absolute atomic E-state index is 0.0922. The molecule has 7 nitrogen and oxygen atoms in total. The van der Waals surface area contributed by atoms with Crippen LogP contribution in [0.1, 0.15) is 26.3 Å². The van der Waals surface area contributed by atoms with Crippen molar-refractivity contribution >= 4 is 185 Å². The molecule has 0 fully saturated rings. The van der Waals surface area contributed by atoms with Gasteiger partial charge < -0.3 is 31.5 Å². The van der Waals surface area contributed by atoms with E-state index < -0.39 is 0 Å². The summed E-state index contributed by atoms with van der Waals surface area (Å²) in [5.41, 5.74) is 26.6. The Labute approximate surface area is 576 Å². The number of nitrogens with zero attached hydrogens (tertiary/aromatic N) is 6. The van der Waals surface area contributed by atoms with E-state index in [0.717, 1.165) is 66.8 Å². The molecule has 9 aromatic heterocycles. The highest BCUT2D eigenvalue weighted by Gasteiger charge is 2.31. The summed E-state index contributed by atoms with van der Waals surface area (Å²) in [4.78, 5) is 0. The molecule has 24 rings (SSSR count). The summed E-state index contributed by atoms with van der Waals surface area (Å²) in [5.74, 6) is 0. The second-order valence-electron chi connectivity index (χ2n) is 29.1. The smallest absolute Gasteiger partial charge is 0.136 e. The lowest BCUT2D eigenvalue weighted by molar-refractivity contribution is 0.592. The van der Waals surface area contributed by atoms with E-state index in [1.807, 2.05) is 0 Å². The Morgan fingerprint density at radius 3 is 1.27 bits per heavy atom. The molecule has 0 saturated carbocycles. The van der Waals surface area contributed by atoms with Crippen LogP contribution in [0.25, 0.3) is 219 Å². The molecule has 0 unspecified atom stereocenters. The summed E-state index contributed by atoms with van der Waals surface area (Å²) < 4.78 is 22.2. The van der Waals surface area contributed by atoms with Gasteiger partial charge in [-0.1, -0.05) is 178 Å². The number of hydrogen-bond acceptors (Lipinski definition) is 1. The molecule has 0 atom stereocenters. The minimum atomic E-state index is -0.0922. The van der Waals surface area contributed by atoms with Crippen molar-refractivity contribution in [2.24, 2.45) is 0 Å². The maximum absolute atomic E-state index is 7.06. The van der Waals surface area contributed by atoms with Gasteiger partial charge in [-0.05, 0) is 162 Å². The van der Waals surface area contributed by atoms with E-state index in [9.17, 15) is 0 Å². The molecular formula is C94H58N6O. The molecule has 0 bridgehead atoms. The van der Waals surface area contributed by atoms with Crippen molar-refractivity contribution in [2.45, 2.75) is 26.2 Å². The van der Waals surface area contributed by atoms with E-state index in [2.05, 4.69) is 345 Å². The number of hydrogen-bond donors (Lipinski definition) is 0. The first-order chi connectivity index (χ1) is 49.8. The van der Waals surface area contributed by atoms with Crippen LogP contribution in [0.5, 0.6) is 0 Å². The third-order valence-corrected chi connectivity index (χ3v) is 22.9. The van der Waals surface area contributed by atoms with Gasteiger partial charge in [-0.25, -0.2) is 0 Å². The Morgan fingerprint density at radius 1 is 0.218 bits per heavy atom. The summed E-state index contributed by atoms with van der Waals surface area (Å²) in [6, 6.07) is 111. The van der Waals surface area contributed by atoms with Crippen LogP contribution in [-0.4, -0.2) is 27.1 Å². The van der Waals surface area contributed by atoms with E-state index in [-0.39, 0.29) is 5.41 Å². The van der Waals surface area contributed by atoms with Gasteiger partial charge in [0.25, 0.3) is 0 Å². The summed E-state index contributed by atoms with van der Waals surface area (Å²) in [5, 5.41) is 22.0. The fraction of sp³-hybridized carbons (Fsp3) is 0.0426. The summed E-state index contributed by atoms with van der Waals surface area (Å²) in [6.07, 6.45) is 0. The molecule has 0 saturated heterocycles. The number of aromatic nitrogens is 6. The molecule has 24 aromatic rings. The largest absolute Gasteiger partial charge is 0.456 e. The second-order valence-corrected chi connectivity index (χ2v) is 29.1. The van der Waals surface area contributed by atoms with Crippen LogP contribution in [0, 0.1) is 0 Å². The van der Waals surface area contributed by atoms with Gasteiger partial charge in [-0.15, -0.1) is 0 Å². The van der Waals surface area contributed by atoms with Crippen molar-refractivity contribution in [1.82, 2.24) is 27.1 Å². The molecule has 0 amide bonds. The van der Waals surface area contributed by atoms with Crippen LogP contribution in [-0.2, 0) is 5.41 Å². The Hall–Kier alpha value is -13.1. The fourth-order valence-electron chi connectivity index (χ4n) is 18.7. The van der Waals surface area contributed by atoms with Crippen LogP contribution >= 0.6 is 0 Å². The average Bonchev–Trinajstić information content (AvgIpc) is 1.51. The van der Waals surface area contributed by atoms with Gasteiger partial charge in [0, 0.05) is 120 Å². The molecule has 0 aliphatic rings. The van der Waals surface area contributed by atoms with E-state index in [0.29, 0.717) is 0 Å². The van der Waals surface area contributed by atoms with Crippen molar-refractivity contribution in [3.63, 3.8) is 0 Å². The molecule has 101 heavy (non-hydrogen) atoms. The highest BCUT2D eigenvalue weighted by Crippen LogP contribution is 2.53. The monoisotopic (exact) mass is 1290 g/mol. The number of benzene rings is 15. The SMILES string of the molecule is CC(C)(C)c1cc2c3cc4c(cc3n3c5cc6c7ccccc7n(-c7cccc(-c8ccc9c(c8)c8ccc%10c(c%11cc%12oc%13ccccc%13c%12c%12c%13c%14c(ccc%13n%10c%11%12)c%10ccccc%10n%14-c%10ccccc%10)c8n9-c8ccccc8)c7)c6cc5c(c1)c23)c1ccccc1n4-c1ccccc1. The highest BCUT2D eigenvalue weighted by molar-refractivity contribution is 6.41. The molecule has 0 radical (unpaired) electrons. The predicted octanol–water partition coefficient (Wildman–Crippen LogP) is 25.2. The van der Waals surface area contributed by atoms with Gasteiger partial charge in [0.2, 0.25) is 0 Å². The normalized spacial score (nSPS) is 12.9. The zero-order chi connectivity index (χ0) is 66.0. The van der Waals surface area contributed by atoms with Crippen molar-refractivity contribution in [2.75, 3.05) is 0 Å². The van der Waals surface area contributed by atoms with Crippen LogP contribution < -0.4 is 0 Å². The third-order valence-electron chi connectivity index (χ3n) is 22.9. The quantitative estimate of drug-likeness (QED) is 0.169. The Morgan fingerprint density at radius 2 is 0.653 bits per heavy atom. The number of fused-ring (bicyclic) bond motifs is 30. The average molecular weight is 1290 g/mol. The maximum atomic E-state index is 7.06. The van der Waals surface area contributed by atoms with Crippen molar-refractivity contribution < 1.29 is 4.42 Å². The van der Waals surface area contributed by atoms with Crippen molar-refractivity contribution in [3.8, 4) is 33.9 Å². The molecule has 0 aliphatic carbocycles. The summed E-state index contributed by atoms with van der Waals surface area (Å²) in [6.45, 7) is 7.05. The second kappa shape index (κ2) is 19.0. The van der Waals surface area contributed by atoms with E-state index in [1.165, 1.54) is 158 Å². The van der Waals surface area contributed by atoms with Gasteiger partial charge >= 0.3 is 0 Å². The predicted molar refractivity (Wildman–Crippen MR) is 425 cm³/mol. The van der Waals surface area contributed by atoms with E-state index >= 15 is 0 Å². The zero-order valence-electron chi connectivity index (χ0n) is 55.4. The number of furan rings is 1. The molecule has 0 spiro atoms. The molecule has 470 valence electrons. The highest BCUT2D eigenvalue weighted by atomic mass is 16.3. The molecule has 7 heteroatoms. The lowest BCUT2D eigenvalue weighted by atomic mass is 9.85. The Kier molecular flexibility index (Phi) is 10.1. The van der Waals surface area contributed by atoms with E-state index in [4.69, 9.17) is 4.42 Å². The van der Waals surface area contributed by atoms with Crippen molar-refractivity contribution in [3.05, 3.63) is 303 Å². The minimum Gasteiger partial charge on any atom is -0.456 e. The molecule has 9 heterocycles. The maximum Gasteiger partial charge on any atom is 0.136 e. The molecular weight excluding hydrogens is 1230 g/mol. The molecule has 0 N–H and O–H groups in total. The van der Waals surface area contributed by atoms with Gasteiger partial charge in [0.1, 0.15) is 11.2 Å². The summed E-state index contributed by atoms with van der Waals surface area (Å²) in [7, 11) is 0. The topological polar surface area (TPSA) is 41.7 Å². The van der Waals surface area contributed by atoms with Gasteiger partial charge in [0.15, 0.2) is 0 Å². The number of para-hydroxylation sites is 7. The van der Waals surface area contributed by atoms with Crippen LogP contribution in [0.4, 0.5) is 0 Å². The van der Waals surface area contributed by atoms with E-state index in [1.54, 1.807) is 0 Å². The lowest BCUT2D eigenvalue weighted by Crippen LogP contribution is -2.10. The van der Waals surface area contributed by atoms with Crippen LogP contribution in [0.15, 0.2) is 302 Å². The van der Waals surface area contributed by atoms with Crippen molar-refractivity contribution in [1.29, 1.82) is 0 Å². The van der Waals surface area contributed by atoms with Crippen LogP contribution in [0.2, 0.25) is 0 Å². The lowest BCUT2D eigenvalue weighted by Gasteiger charge is -2.19. The molecule has 15 aromatic carbocycles. The zero-order valence-corrected chi connectivity index (χ0v) is 55.4. The van der Waals surface area contributed by atoms with Gasteiger partial charge in [-0.2, -0.15) is 0 Å². The first-order valence-electron chi connectivity index (χ1n) is 35.1. The first kappa shape index (κ1) is 54.0. The third kappa shape index (κ3) is 6.87. The van der Waals surface area contributed by atoms with Gasteiger partial charge in [0.05, 0.1) is 77.2 Å².